The van der Waals surface area contributed by atoms with E-state index in [1.807, 2.05) is 6.92 Å². The molecule has 4 nitrogen and oxygen atoms in total. The van der Waals surface area contributed by atoms with E-state index in [2.05, 4.69) is 15.2 Å². The molecule has 0 aliphatic heterocycles. The van der Waals surface area contributed by atoms with E-state index in [-0.39, 0.29) is 5.91 Å². The second-order valence-corrected chi connectivity index (χ2v) is 2.95. The van der Waals surface area contributed by atoms with Gasteiger partial charge in [-0.2, -0.15) is 0 Å². The molecule has 0 bridgehead atoms. The Hall–Kier alpha value is -1.26. The van der Waals surface area contributed by atoms with Crippen LogP contribution in [0.2, 0.25) is 0 Å². The van der Waals surface area contributed by atoms with E-state index in [1.165, 1.54) is 7.11 Å². The first-order valence-corrected chi connectivity index (χ1v) is 4.37. The number of carbonyl (C=O) groups is 1. The number of rotatable bonds is 3. The molecule has 0 aromatic heterocycles. The SMILES string of the molecule is CONC(=O)c1ccc(C)c(NCl)c1. The molecule has 0 radical (unpaired) electrons. The van der Waals surface area contributed by atoms with E-state index in [4.69, 9.17) is 11.8 Å². The first kappa shape index (κ1) is 10.8. The number of anilines is 1. The summed E-state index contributed by atoms with van der Waals surface area (Å²) < 4.78 is 0. The van der Waals surface area contributed by atoms with Gasteiger partial charge in [0.2, 0.25) is 0 Å². The van der Waals surface area contributed by atoms with Gasteiger partial charge in [0.05, 0.1) is 12.8 Å². The Labute approximate surface area is 87.3 Å². The van der Waals surface area contributed by atoms with E-state index >= 15 is 0 Å². The van der Waals surface area contributed by atoms with Crippen LogP contribution in [0.15, 0.2) is 18.2 Å². The van der Waals surface area contributed by atoms with Crippen LogP contribution >= 0.6 is 11.8 Å². The molecule has 0 spiro atoms. The molecule has 1 amide bonds. The van der Waals surface area contributed by atoms with Crippen molar-refractivity contribution in [1.82, 2.24) is 5.48 Å². The molecule has 0 atom stereocenters. The van der Waals surface area contributed by atoms with E-state index in [9.17, 15) is 4.79 Å². The number of halogens is 1. The van der Waals surface area contributed by atoms with Crippen molar-refractivity contribution in [2.45, 2.75) is 6.92 Å². The lowest BCUT2D eigenvalue weighted by Crippen LogP contribution is -2.21. The van der Waals surface area contributed by atoms with Crippen molar-refractivity contribution in [3.63, 3.8) is 0 Å². The number of benzene rings is 1. The third kappa shape index (κ3) is 2.37. The normalized spacial score (nSPS) is 9.64. The largest absolute Gasteiger partial charge is 0.298 e. The van der Waals surface area contributed by atoms with Crippen molar-refractivity contribution in [2.75, 3.05) is 11.9 Å². The molecule has 2 N–H and O–H groups in total. The maximum absolute atomic E-state index is 11.3. The highest BCUT2D eigenvalue weighted by Gasteiger charge is 2.06. The van der Waals surface area contributed by atoms with E-state index in [1.54, 1.807) is 18.2 Å². The molecule has 0 aliphatic carbocycles. The Morgan fingerprint density at radius 3 is 2.79 bits per heavy atom. The summed E-state index contributed by atoms with van der Waals surface area (Å²) in [5.41, 5.74) is 4.38. The Bertz CT molecular complexity index is 342. The van der Waals surface area contributed by atoms with Crippen LogP contribution in [0.1, 0.15) is 15.9 Å². The molecule has 1 aromatic carbocycles. The number of carbonyl (C=O) groups excluding carboxylic acids is 1. The highest BCUT2D eigenvalue weighted by molar-refractivity contribution is 6.24. The molecule has 0 aliphatic rings. The second kappa shape index (κ2) is 4.83. The summed E-state index contributed by atoms with van der Waals surface area (Å²) in [5.74, 6) is -0.305. The predicted molar refractivity (Wildman–Crippen MR) is 55.1 cm³/mol. The van der Waals surface area contributed by atoms with E-state index < -0.39 is 0 Å². The van der Waals surface area contributed by atoms with Gasteiger partial charge in [0.25, 0.3) is 5.91 Å². The number of aryl methyl sites for hydroxylation is 1. The van der Waals surface area contributed by atoms with Gasteiger partial charge < -0.3 is 0 Å². The highest BCUT2D eigenvalue weighted by atomic mass is 35.5. The fourth-order valence-corrected chi connectivity index (χ4v) is 1.22. The third-order valence-electron chi connectivity index (χ3n) is 1.80. The summed E-state index contributed by atoms with van der Waals surface area (Å²) in [6, 6.07) is 5.15. The average Bonchev–Trinajstić information content (AvgIpc) is 2.19. The van der Waals surface area contributed by atoms with Crippen molar-refractivity contribution in [3.05, 3.63) is 29.3 Å². The average molecular weight is 215 g/mol. The van der Waals surface area contributed by atoms with Crippen LogP contribution in [0, 0.1) is 6.92 Å². The van der Waals surface area contributed by atoms with Crippen LogP contribution in [-0.2, 0) is 4.84 Å². The fraction of sp³-hybridized carbons (Fsp3) is 0.222. The number of hydrogen-bond donors (Lipinski definition) is 2. The molecule has 1 rings (SSSR count). The topological polar surface area (TPSA) is 50.4 Å². The molecule has 0 fully saturated rings. The molecule has 5 heteroatoms. The third-order valence-corrected chi connectivity index (χ3v) is 2.00. The van der Waals surface area contributed by atoms with Gasteiger partial charge in [0, 0.05) is 17.3 Å². The van der Waals surface area contributed by atoms with Gasteiger partial charge in [-0.15, -0.1) is 0 Å². The lowest BCUT2D eigenvalue weighted by atomic mass is 10.1. The first-order valence-electron chi connectivity index (χ1n) is 3.99. The highest BCUT2D eigenvalue weighted by Crippen LogP contribution is 2.17. The van der Waals surface area contributed by atoms with Crippen molar-refractivity contribution in [1.29, 1.82) is 0 Å². The number of nitrogens with one attached hydrogen (secondary N) is 2. The maximum atomic E-state index is 11.3. The predicted octanol–water partition coefficient (Wildman–Crippen LogP) is 1.85. The van der Waals surface area contributed by atoms with Gasteiger partial charge >= 0.3 is 0 Å². The fourth-order valence-electron chi connectivity index (χ4n) is 1.02. The zero-order valence-electron chi connectivity index (χ0n) is 7.93. The Morgan fingerprint density at radius 1 is 1.50 bits per heavy atom. The summed E-state index contributed by atoms with van der Waals surface area (Å²) in [7, 11) is 1.38. The second-order valence-electron chi connectivity index (χ2n) is 2.76. The number of hydroxylamine groups is 1. The summed E-state index contributed by atoms with van der Waals surface area (Å²) in [6.07, 6.45) is 0. The van der Waals surface area contributed by atoms with Crippen LogP contribution in [0.4, 0.5) is 5.69 Å². The number of amides is 1. The van der Waals surface area contributed by atoms with Gasteiger partial charge in [-0.3, -0.25) is 14.5 Å². The quantitative estimate of drug-likeness (QED) is 0.597. The zero-order valence-corrected chi connectivity index (χ0v) is 8.68. The molecular formula is C9H11ClN2O2. The van der Waals surface area contributed by atoms with Gasteiger partial charge in [-0.25, -0.2) is 5.48 Å². The molecule has 0 heterocycles. The van der Waals surface area contributed by atoms with Crippen LogP contribution < -0.4 is 10.3 Å². The van der Waals surface area contributed by atoms with Gasteiger partial charge in [0.1, 0.15) is 0 Å². The summed E-state index contributed by atoms with van der Waals surface area (Å²) in [5, 5.41) is 0. The van der Waals surface area contributed by atoms with Crippen molar-refractivity contribution >= 4 is 23.4 Å². The first-order chi connectivity index (χ1) is 6.69. The van der Waals surface area contributed by atoms with E-state index in [0.717, 1.165) is 5.56 Å². The monoisotopic (exact) mass is 214 g/mol. The van der Waals surface area contributed by atoms with E-state index in [0.29, 0.717) is 11.3 Å². The van der Waals surface area contributed by atoms with Crippen LogP contribution in [-0.4, -0.2) is 13.0 Å². The molecule has 14 heavy (non-hydrogen) atoms. The van der Waals surface area contributed by atoms with Crippen LogP contribution in [0.25, 0.3) is 0 Å². The summed E-state index contributed by atoms with van der Waals surface area (Å²) >= 11 is 5.47. The van der Waals surface area contributed by atoms with Gasteiger partial charge in [0.15, 0.2) is 0 Å². The maximum Gasteiger partial charge on any atom is 0.274 e. The molecule has 0 saturated heterocycles. The Kier molecular flexibility index (Phi) is 3.73. The smallest absolute Gasteiger partial charge is 0.274 e. The Balaban J connectivity index is 2.94. The lowest BCUT2D eigenvalue weighted by molar-refractivity contribution is 0.0537. The minimum atomic E-state index is -0.305. The Morgan fingerprint density at radius 2 is 2.21 bits per heavy atom. The van der Waals surface area contributed by atoms with Gasteiger partial charge in [-0.1, -0.05) is 6.07 Å². The minimum Gasteiger partial charge on any atom is -0.298 e. The standard InChI is InChI=1S/C9H11ClN2O2/c1-6-3-4-7(5-8(6)11-10)9(13)12-14-2/h3-5,11H,1-2H3,(H,12,13). The lowest BCUT2D eigenvalue weighted by Gasteiger charge is -2.06. The molecular weight excluding hydrogens is 204 g/mol. The van der Waals surface area contributed by atoms with Crippen LogP contribution in [0.5, 0.6) is 0 Å². The molecule has 76 valence electrons. The van der Waals surface area contributed by atoms with Gasteiger partial charge in [-0.05, 0) is 24.6 Å². The zero-order chi connectivity index (χ0) is 10.6. The number of hydrogen-bond acceptors (Lipinski definition) is 3. The molecule has 1 aromatic rings. The van der Waals surface area contributed by atoms with Crippen molar-refractivity contribution in [3.8, 4) is 0 Å². The molecule has 0 saturated carbocycles. The summed E-state index contributed by atoms with van der Waals surface area (Å²) in [4.78, 5) is 18.3. The van der Waals surface area contributed by atoms with Crippen LogP contribution in [0.3, 0.4) is 0 Å². The summed E-state index contributed by atoms with van der Waals surface area (Å²) in [6.45, 7) is 1.89. The van der Waals surface area contributed by atoms with Crippen molar-refractivity contribution in [2.24, 2.45) is 0 Å². The minimum absolute atomic E-state index is 0.305. The molecule has 0 unspecified atom stereocenters. The van der Waals surface area contributed by atoms with Crippen molar-refractivity contribution < 1.29 is 9.63 Å².